The minimum Gasteiger partial charge on any atom is -0.494 e. The largest absolute Gasteiger partial charge is 0.494 e. The van der Waals surface area contributed by atoms with E-state index in [1.807, 2.05) is 49.4 Å². The van der Waals surface area contributed by atoms with Crippen LogP contribution in [-0.2, 0) is 4.79 Å². The Hall–Kier alpha value is -3.79. The number of aromatic nitrogens is 1. The highest BCUT2D eigenvalue weighted by atomic mass is 16.5. The van der Waals surface area contributed by atoms with E-state index < -0.39 is 0 Å². The zero-order valence-electron chi connectivity index (χ0n) is 16.2. The maximum atomic E-state index is 11.9. The summed E-state index contributed by atoms with van der Waals surface area (Å²) in [6.45, 7) is 3.33. The minimum atomic E-state index is -0.206. The third kappa shape index (κ3) is 5.59. The molecule has 7 heteroatoms. The fraction of sp³-hybridized carbons (Fsp3) is 0.227. The molecule has 3 rings (SSSR count). The summed E-state index contributed by atoms with van der Waals surface area (Å²) in [5.74, 6) is 1.82. The van der Waals surface area contributed by atoms with Crippen LogP contribution in [0.3, 0.4) is 0 Å². The molecule has 0 spiro atoms. The van der Waals surface area contributed by atoms with Crippen LogP contribution in [0.4, 0.5) is 5.82 Å². The van der Waals surface area contributed by atoms with Gasteiger partial charge in [-0.15, -0.1) is 0 Å². The van der Waals surface area contributed by atoms with Gasteiger partial charge in [-0.25, -0.2) is 4.98 Å². The predicted octanol–water partition coefficient (Wildman–Crippen LogP) is 2.53. The molecule has 0 saturated heterocycles. The number of rotatable bonds is 9. The second kappa shape index (κ2) is 9.95. The summed E-state index contributed by atoms with van der Waals surface area (Å²) in [7, 11) is 0. The van der Waals surface area contributed by atoms with E-state index in [-0.39, 0.29) is 12.5 Å². The molecule has 0 unspecified atom stereocenters. The number of hydrogen-bond acceptors (Lipinski definition) is 5. The molecule has 29 heavy (non-hydrogen) atoms. The third-order valence-corrected chi connectivity index (χ3v) is 4.15. The number of nitrogens with zero attached hydrogens (tertiary/aromatic N) is 1. The van der Waals surface area contributed by atoms with Crippen LogP contribution < -0.4 is 25.1 Å². The van der Waals surface area contributed by atoms with Gasteiger partial charge in [-0.3, -0.25) is 10.1 Å². The van der Waals surface area contributed by atoms with Gasteiger partial charge in [0, 0.05) is 5.39 Å². The number of para-hydroxylation sites is 1. The lowest BCUT2D eigenvalue weighted by molar-refractivity contribution is -0.327. The summed E-state index contributed by atoms with van der Waals surface area (Å²) >= 11 is 0. The van der Waals surface area contributed by atoms with E-state index in [2.05, 4.69) is 21.7 Å². The van der Waals surface area contributed by atoms with Gasteiger partial charge in [0.1, 0.15) is 35.2 Å². The topological polar surface area (TPSA) is 97.5 Å². The summed E-state index contributed by atoms with van der Waals surface area (Å²) in [6.07, 6.45) is 0. The van der Waals surface area contributed by atoms with Crippen molar-refractivity contribution in [1.29, 1.82) is 5.26 Å². The van der Waals surface area contributed by atoms with Gasteiger partial charge in [-0.2, -0.15) is 5.26 Å². The first-order chi connectivity index (χ1) is 14.2. The second-order valence-electron chi connectivity index (χ2n) is 6.23. The van der Waals surface area contributed by atoms with Crippen molar-refractivity contribution < 1.29 is 19.3 Å². The summed E-state index contributed by atoms with van der Waals surface area (Å²) in [6, 6.07) is 18.9. The number of amides is 1. The molecule has 0 fully saturated rings. The van der Waals surface area contributed by atoms with Crippen LogP contribution in [0.25, 0.3) is 10.9 Å². The molecule has 2 aromatic carbocycles. The van der Waals surface area contributed by atoms with Crippen LogP contribution >= 0.6 is 0 Å². The first-order valence-electron chi connectivity index (χ1n) is 9.41. The molecule has 1 amide bonds. The van der Waals surface area contributed by atoms with Gasteiger partial charge in [0.15, 0.2) is 6.61 Å². The lowest BCUT2D eigenvalue weighted by atomic mass is 10.1. The Morgan fingerprint density at radius 3 is 2.66 bits per heavy atom. The monoisotopic (exact) mass is 391 g/mol. The lowest BCUT2D eigenvalue weighted by Crippen LogP contribution is -2.33. The van der Waals surface area contributed by atoms with E-state index in [0.717, 1.165) is 16.7 Å². The van der Waals surface area contributed by atoms with Gasteiger partial charge in [-0.05, 0) is 43.3 Å². The Bertz CT molecular complexity index is 1020. The molecule has 3 N–H and O–H groups in total. The van der Waals surface area contributed by atoms with Crippen molar-refractivity contribution in [3.8, 4) is 17.6 Å². The Kier molecular flexibility index (Phi) is 6.85. The van der Waals surface area contributed by atoms with Crippen molar-refractivity contribution in [3.05, 3.63) is 60.2 Å². The molecule has 3 aromatic rings. The van der Waals surface area contributed by atoms with Gasteiger partial charge in [0.25, 0.3) is 11.7 Å². The Morgan fingerprint density at radius 2 is 1.90 bits per heavy atom. The number of aromatic amines is 1. The van der Waals surface area contributed by atoms with Crippen LogP contribution in [0, 0.1) is 11.3 Å². The molecule has 0 atom stereocenters. The number of benzene rings is 2. The SMILES string of the molecule is CCOc1ccc2[nH+]c(NCCNC(=O)COc3ccccc3)c(C#N)cc2c1. The summed E-state index contributed by atoms with van der Waals surface area (Å²) < 4.78 is 10.9. The standard InChI is InChI=1S/C22H22N4O3/c1-2-28-19-8-9-20-16(13-19)12-17(14-23)22(26-20)25-11-10-24-21(27)15-29-18-6-4-3-5-7-18/h3-9,12-13H,2,10-11,15H2,1H3,(H,24,27)(H,25,26)/p+1. The maximum absolute atomic E-state index is 11.9. The van der Waals surface area contributed by atoms with Crippen molar-refractivity contribution in [3.63, 3.8) is 0 Å². The smallest absolute Gasteiger partial charge is 0.290 e. The number of carbonyl (C=O) groups is 1. The molecule has 1 heterocycles. The summed E-state index contributed by atoms with van der Waals surface area (Å²) in [5, 5.41) is 16.3. The average Bonchev–Trinajstić information content (AvgIpc) is 2.75. The Balaban J connectivity index is 1.52. The van der Waals surface area contributed by atoms with Crippen molar-refractivity contribution in [1.82, 2.24) is 5.32 Å². The zero-order valence-corrected chi connectivity index (χ0v) is 16.2. The summed E-state index contributed by atoms with van der Waals surface area (Å²) in [4.78, 5) is 15.1. The van der Waals surface area contributed by atoms with Gasteiger partial charge in [0.05, 0.1) is 13.2 Å². The molecule has 148 valence electrons. The molecule has 0 aliphatic heterocycles. The van der Waals surface area contributed by atoms with Gasteiger partial charge in [0.2, 0.25) is 0 Å². The highest BCUT2D eigenvalue weighted by molar-refractivity contribution is 5.80. The van der Waals surface area contributed by atoms with Crippen LogP contribution in [0.2, 0.25) is 0 Å². The predicted molar refractivity (Wildman–Crippen MR) is 110 cm³/mol. The molecule has 7 nitrogen and oxygen atoms in total. The number of H-pyrrole nitrogens is 1. The van der Waals surface area contributed by atoms with Crippen LogP contribution in [0.15, 0.2) is 54.6 Å². The summed E-state index contributed by atoms with van der Waals surface area (Å²) in [5.41, 5.74) is 1.38. The number of pyridine rings is 1. The van der Waals surface area contributed by atoms with Crippen molar-refractivity contribution in [2.75, 3.05) is 31.6 Å². The molecule has 0 aliphatic rings. The molecule has 1 aromatic heterocycles. The molecule has 0 saturated carbocycles. The highest BCUT2D eigenvalue weighted by Gasteiger charge is 2.13. The van der Waals surface area contributed by atoms with Crippen LogP contribution in [-0.4, -0.2) is 32.2 Å². The highest BCUT2D eigenvalue weighted by Crippen LogP contribution is 2.21. The quantitative estimate of drug-likeness (QED) is 0.546. The maximum Gasteiger partial charge on any atom is 0.290 e. The van der Waals surface area contributed by atoms with Crippen molar-refractivity contribution in [2.45, 2.75) is 6.92 Å². The number of anilines is 1. The van der Waals surface area contributed by atoms with E-state index in [1.165, 1.54) is 0 Å². The van der Waals surface area contributed by atoms with E-state index in [1.54, 1.807) is 12.1 Å². The average molecular weight is 391 g/mol. The van der Waals surface area contributed by atoms with Crippen LogP contribution in [0.5, 0.6) is 11.5 Å². The van der Waals surface area contributed by atoms with Gasteiger partial charge in [-0.1, -0.05) is 18.2 Å². The van der Waals surface area contributed by atoms with E-state index in [4.69, 9.17) is 9.47 Å². The molecule has 0 bridgehead atoms. The van der Waals surface area contributed by atoms with Crippen molar-refractivity contribution in [2.24, 2.45) is 0 Å². The second-order valence-corrected chi connectivity index (χ2v) is 6.23. The van der Waals surface area contributed by atoms with Crippen LogP contribution in [0.1, 0.15) is 12.5 Å². The normalized spacial score (nSPS) is 10.2. The van der Waals surface area contributed by atoms with Gasteiger partial charge < -0.3 is 14.8 Å². The first-order valence-corrected chi connectivity index (χ1v) is 9.41. The Morgan fingerprint density at radius 1 is 1.07 bits per heavy atom. The number of nitrogens with one attached hydrogen (secondary N) is 3. The fourth-order valence-electron chi connectivity index (χ4n) is 2.79. The number of fused-ring (bicyclic) bond motifs is 1. The van der Waals surface area contributed by atoms with E-state index in [0.29, 0.717) is 36.8 Å². The van der Waals surface area contributed by atoms with E-state index >= 15 is 0 Å². The van der Waals surface area contributed by atoms with Crippen molar-refractivity contribution >= 4 is 22.6 Å². The minimum absolute atomic E-state index is 0.0439. The fourth-order valence-corrected chi connectivity index (χ4v) is 2.79. The molecule has 0 radical (unpaired) electrons. The third-order valence-electron chi connectivity index (χ3n) is 4.15. The molecule has 0 aliphatic carbocycles. The zero-order chi connectivity index (χ0) is 20.5. The number of ether oxygens (including phenoxy) is 2. The number of hydrogen-bond donors (Lipinski definition) is 2. The van der Waals surface area contributed by atoms with Gasteiger partial charge >= 0.3 is 0 Å². The number of nitriles is 1. The molecular formula is C22H23N4O3+. The number of carbonyl (C=O) groups excluding carboxylic acids is 1. The lowest BCUT2D eigenvalue weighted by Gasteiger charge is -2.08. The Labute approximate surface area is 169 Å². The molecular weight excluding hydrogens is 368 g/mol. The van der Waals surface area contributed by atoms with E-state index in [9.17, 15) is 10.1 Å². The first kappa shape index (κ1) is 20.0.